The number of nitrogens with zero attached hydrogens (tertiary/aromatic N) is 1. The summed E-state index contributed by atoms with van der Waals surface area (Å²) in [5.41, 5.74) is 2.84. The van der Waals surface area contributed by atoms with Gasteiger partial charge < -0.3 is 14.4 Å². The largest absolute Gasteiger partial charge is 0.463 e. The van der Waals surface area contributed by atoms with E-state index < -0.39 is 0 Å². The quantitative estimate of drug-likeness (QED) is 0.733. The highest BCUT2D eigenvalue weighted by atomic mass is 16.5. The molecule has 2 rings (SSSR count). The predicted octanol–water partition coefficient (Wildman–Crippen LogP) is 2.39. The number of carbonyl (C=O) groups excluding carboxylic acids is 1. The van der Waals surface area contributed by atoms with Crippen LogP contribution >= 0.6 is 0 Å². The summed E-state index contributed by atoms with van der Waals surface area (Å²) in [6.07, 6.45) is 5.51. The SMILES string of the molecule is C=CC1=CCN2C(C)=C(C(=O)OCC)CCC2OC1. The number of rotatable bonds is 3. The fraction of sp³-hybridized carbons (Fsp3) is 0.533. The van der Waals surface area contributed by atoms with Crippen LogP contribution in [-0.2, 0) is 14.3 Å². The van der Waals surface area contributed by atoms with Gasteiger partial charge in [-0.2, -0.15) is 0 Å². The van der Waals surface area contributed by atoms with Crippen LogP contribution < -0.4 is 0 Å². The molecule has 0 bridgehead atoms. The molecule has 0 aromatic rings. The first-order valence-electron chi connectivity index (χ1n) is 6.74. The maximum absolute atomic E-state index is 11.9. The molecule has 2 heterocycles. The Bertz CT molecular complexity index is 437. The summed E-state index contributed by atoms with van der Waals surface area (Å²) in [4.78, 5) is 14.0. The lowest BCUT2D eigenvalue weighted by molar-refractivity contribution is -0.139. The van der Waals surface area contributed by atoms with E-state index in [1.807, 2.05) is 19.9 Å². The standard InChI is InChI=1S/C15H21NO3/c1-4-12-8-9-16-11(3)13(15(17)18-5-2)6-7-14(16)19-10-12/h4,8,14H,1,5-7,9-10H2,2-3H3. The molecule has 0 aliphatic carbocycles. The van der Waals surface area contributed by atoms with E-state index in [0.29, 0.717) is 13.2 Å². The first-order valence-corrected chi connectivity index (χ1v) is 6.74. The Balaban J connectivity index is 2.21. The summed E-state index contributed by atoms with van der Waals surface area (Å²) in [5, 5.41) is 0. The van der Waals surface area contributed by atoms with Crippen molar-refractivity contribution in [3.63, 3.8) is 0 Å². The van der Waals surface area contributed by atoms with Gasteiger partial charge in [0.05, 0.1) is 18.8 Å². The molecule has 0 saturated heterocycles. The minimum absolute atomic E-state index is 0.0480. The number of allylic oxidation sites excluding steroid dienone is 1. The van der Waals surface area contributed by atoms with Gasteiger partial charge in [-0.15, -0.1) is 0 Å². The number of ether oxygens (including phenoxy) is 2. The van der Waals surface area contributed by atoms with Gasteiger partial charge in [-0.3, -0.25) is 0 Å². The van der Waals surface area contributed by atoms with E-state index in [-0.39, 0.29) is 12.2 Å². The Morgan fingerprint density at radius 3 is 3.16 bits per heavy atom. The molecular formula is C15H21NO3. The fourth-order valence-electron chi connectivity index (χ4n) is 2.50. The van der Waals surface area contributed by atoms with Crippen LogP contribution in [0.4, 0.5) is 0 Å². The smallest absolute Gasteiger partial charge is 0.335 e. The first kappa shape index (κ1) is 13.9. The minimum atomic E-state index is -0.198. The van der Waals surface area contributed by atoms with Crippen LogP contribution in [0.3, 0.4) is 0 Å². The van der Waals surface area contributed by atoms with Crippen molar-refractivity contribution < 1.29 is 14.3 Å². The van der Waals surface area contributed by atoms with Crippen LogP contribution in [0.15, 0.2) is 35.6 Å². The lowest BCUT2D eigenvalue weighted by Crippen LogP contribution is -2.40. The van der Waals surface area contributed by atoms with Gasteiger partial charge in [0.1, 0.15) is 6.23 Å². The third-order valence-corrected chi connectivity index (χ3v) is 3.63. The average molecular weight is 263 g/mol. The summed E-state index contributed by atoms with van der Waals surface area (Å²) < 4.78 is 11.0. The van der Waals surface area contributed by atoms with E-state index in [9.17, 15) is 4.79 Å². The van der Waals surface area contributed by atoms with Crippen LogP contribution in [0.1, 0.15) is 26.7 Å². The van der Waals surface area contributed by atoms with E-state index in [2.05, 4.69) is 17.6 Å². The molecule has 0 aromatic heterocycles. The van der Waals surface area contributed by atoms with Gasteiger partial charge in [0, 0.05) is 12.2 Å². The zero-order valence-corrected chi connectivity index (χ0v) is 11.6. The first-order chi connectivity index (χ1) is 9.17. The normalized spacial score (nSPS) is 23.4. The third-order valence-electron chi connectivity index (χ3n) is 3.63. The molecule has 1 unspecified atom stereocenters. The second kappa shape index (κ2) is 6.06. The van der Waals surface area contributed by atoms with E-state index in [1.54, 1.807) is 0 Å². The molecule has 1 atom stereocenters. The average Bonchev–Trinajstić information content (AvgIpc) is 2.62. The minimum Gasteiger partial charge on any atom is -0.463 e. The summed E-state index contributed by atoms with van der Waals surface area (Å²) >= 11 is 0. The van der Waals surface area contributed by atoms with Crippen molar-refractivity contribution in [1.29, 1.82) is 0 Å². The number of carbonyl (C=O) groups is 1. The number of esters is 1. The molecule has 2 aliphatic rings. The van der Waals surface area contributed by atoms with Crippen molar-refractivity contribution in [2.24, 2.45) is 0 Å². The highest BCUT2D eigenvalue weighted by Crippen LogP contribution is 2.30. The van der Waals surface area contributed by atoms with Crippen molar-refractivity contribution in [3.05, 3.63) is 35.6 Å². The molecule has 0 saturated carbocycles. The van der Waals surface area contributed by atoms with Gasteiger partial charge in [0.25, 0.3) is 0 Å². The maximum atomic E-state index is 11.9. The van der Waals surface area contributed by atoms with E-state index in [0.717, 1.165) is 36.2 Å². The third kappa shape index (κ3) is 2.89. The second-order valence-electron chi connectivity index (χ2n) is 4.72. The number of fused-ring (bicyclic) bond motifs is 1. The van der Waals surface area contributed by atoms with Gasteiger partial charge in [0.15, 0.2) is 0 Å². The van der Waals surface area contributed by atoms with E-state index in [4.69, 9.17) is 9.47 Å². The predicted molar refractivity (Wildman–Crippen MR) is 73.3 cm³/mol. The lowest BCUT2D eigenvalue weighted by atomic mass is 10.0. The van der Waals surface area contributed by atoms with Gasteiger partial charge in [-0.1, -0.05) is 18.7 Å². The van der Waals surface area contributed by atoms with Crippen LogP contribution in [0, 0.1) is 0 Å². The molecule has 0 amide bonds. The number of hydrogen-bond acceptors (Lipinski definition) is 4. The Kier molecular flexibility index (Phi) is 4.43. The van der Waals surface area contributed by atoms with Crippen LogP contribution in [0.2, 0.25) is 0 Å². The molecule has 0 spiro atoms. The number of hydrogen-bond donors (Lipinski definition) is 0. The topological polar surface area (TPSA) is 38.8 Å². The second-order valence-corrected chi connectivity index (χ2v) is 4.72. The van der Waals surface area contributed by atoms with Crippen molar-refractivity contribution in [2.75, 3.05) is 19.8 Å². The zero-order valence-electron chi connectivity index (χ0n) is 11.6. The Morgan fingerprint density at radius 1 is 1.68 bits per heavy atom. The zero-order chi connectivity index (χ0) is 13.8. The highest BCUT2D eigenvalue weighted by Gasteiger charge is 2.30. The molecule has 4 heteroatoms. The lowest BCUT2D eigenvalue weighted by Gasteiger charge is -2.36. The van der Waals surface area contributed by atoms with Gasteiger partial charge in [-0.05, 0) is 32.3 Å². The van der Waals surface area contributed by atoms with Crippen LogP contribution in [-0.4, -0.2) is 36.9 Å². The highest BCUT2D eigenvalue weighted by molar-refractivity contribution is 5.89. The summed E-state index contributed by atoms with van der Waals surface area (Å²) in [5.74, 6) is -0.198. The Morgan fingerprint density at radius 2 is 2.47 bits per heavy atom. The fourth-order valence-corrected chi connectivity index (χ4v) is 2.50. The Hall–Kier alpha value is -1.55. The van der Waals surface area contributed by atoms with Crippen molar-refractivity contribution in [1.82, 2.24) is 4.90 Å². The van der Waals surface area contributed by atoms with E-state index >= 15 is 0 Å². The van der Waals surface area contributed by atoms with Gasteiger partial charge >= 0.3 is 5.97 Å². The van der Waals surface area contributed by atoms with Crippen LogP contribution in [0.5, 0.6) is 0 Å². The molecule has 2 aliphatic heterocycles. The molecule has 0 radical (unpaired) electrons. The van der Waals surface area contributed by atoms with Gasteiger partial charge in [0.2, 0.25) is 0 Å². The molecule has 4 nitrogen and oxygen atoms in total. The van der Waals surface area contributed by atoms with Crippen molar-refractivity contribution in [2.45, 2.75) is 32.9 Å². The molecule has 0 fully saturated rings. The molecule has 0 aromatic carbocycles. The Labute approximate surface area is 114 Å². The molecule has 104 valence electrons. The molecule has 0 N–H and O–H groups in total. The molecular weight excluding hydrogens is 242 g/mol. The van der Waals surface area contributed by atoms with Gasteiger partial charge in [-0.25, -0.2) is 4.79 Å². The maximum Gasteiger partial charge on any atom is 0.335 e. The molecule has 19 heavy (non-hydrogen) atoms. The summed E-state index contributed by atoms with van der Waals surface area (Å²) in [7, 11) is 0. The van der Waals surface area contributed by atoms with Crippen molar-refractivity contribution >= 4 is 5.97 Å². The monoisotopic (exact) mass is 263 g/mol. The summed E-state index contributed by atoms with van der Waals surface area (Å²) in [6.45, 7) is 9.32. The van der Waals surface area contributed by atoms with E-state index in [1.165, 1.54) is 0 Å². The van der Waals surface area contributed by atoms with Crippen molar-refractivity contribution in [3.8, 4) is 0 Å². The summed E-state index contributed by atoms with van der Waals surface area (Å²) in [6, 6.07) is 0. The van der Waals surface area contributed by atoms with Crippen LogP contribution in [0.25, 0.3) is 0 Å².